The molecule has 1 aliphatic heterocycles. The third-order valence-electron chi connectivity index (χ3n) is 5.28. The van der Waals surface area contributed by atoms with Crippen LogP contribution in [-0.4, -0.2) is 33.5 Å². The molecule has 0 saturated heterocycles. The Kier molecular flexibility index (Phi) is 5.04. The molecule has 0 bridgehead atoms. The Hall–Kier alpha value is -3.69. The Morgan fingerprint density at radius 2 is 1.79 bits per heavy atom. The zero-order valence-electron chi connectivity index (χ0n) is 17.4. The average molecular weight is 475 g/mol. The lowest BCUT2D eigenvalue weighted by molar-refractivity contribution is -0.115. The number of aromatic nitrogens is 3. The summed E-state index contributed by atoms with van der Waals surface area (Å²) in [4.78, 5) is 22.9. The van der Waals surface area contributed by atoms with Gasteiger partial charge in [-0.3, -0.25) is 9.20 Å². The van der Waals surface area contributed by atoms with E-state index in [1.165, 1.54) is 22.7 Å². The second kappa shape index (κ2) is 8.34. The number of amides is 1. The molecule has 7 nitrogen and oxygen atoms in total. The van der Waals surface area contributed by atoms with E-state index in [4.69, 9.17) is 9.47 Å². The van der Waals surface area contributed by atoms with Crippen LogP contribution in [0, 0.1) is 0 Å². The number of benzene rings is 2. The van der Waals surface area contributed by atoms with Gasteiger partial charge in [0, 0.05) is 33.8 Å². The molecule has 2 aromatic carbocycles. The van der Waals surface area contributed by atoms with Gasteiger partial charge in [0.15, 0.2) is 21.6 Å². The highest BCUT2D eigenvalue weighted by Gasteiger charge is 2.16. The van der Waals surface area contributed by atoms with Crippen LogP contribution in [0.2, 0.25) is 0 Å². The maximum atomic E-state index is 12.7. The van der Waals surface area contributed by atoms with Gasteiger partial charge < -0.3 is 14.8 Å². The van der Waals surface area contributed by atoms with Crippen molar-refractivity contribution in [2.45, 2.75) is 6.42 Å². The number of anilines is 1. The summed E-state index contributed by atoms with van der Waals surface area (Å²) in [6.45, 7) is 1.09. The molecule has 6 rings (SSSR count). The number of hydrogen-bond donors (Lipinski definition) is 1. The Labute approximate surface area is 197 Å². The second-order valence-electron chi connectivity index (χ2n) is 7.49. The third-order valence-corrected chi connectivity index (χ3v) is 6.93. The van der Waals surface area contributed by atoms with E-state index < -0.39 is 0 Å². The maximum absolute atomic E-state index is 12.7. The van der Waals surface area contributed by atoms with Gasteiger partial charge in [-0.1, -0.05) is 30.3 Å². The first kappa shape index (κ1) is 20.0. The molecule has 0 aliphatic carbocycles. The van der Waals surface area contributed by atoms with Crippen molar-refractivity contribution in [1.29, 1.82) is 0 Å². The molecule has 4 heterocycles. The van der Waals surface area contributed by atoms with Crippen LogP contribution in [0.4, 0.5) is 5.13 Å². The number of carbonyl (C=O) groups excluding carboxylic acids is 1. The van der Waals surface area contributed by atoms with Crippen molar-refractivity contribution < 1.29 is 14.3 Å². The van der Waals surface area contributed by atoms with Gasteiger partial charge in [-0.15, -0.1) is 22.7 Å². The molecule has 0 atom stereocenters. The van der Waals surface area contributed by atoms with Crippen LogP contribution in [0.25, 0.3) is 27.5 Å². The van der Waals surface area contributed by atoms with Crippen molar-refractivity contribution in [2.75, 3.05) is 18.5 Å². The van der Waals surface area contributed by atoms with Gasteiger partial charge in [0.1, 0.15) is 13.2 Å². The molecule has 0 spiro atoms. The molecular weight excluding hydrogens is 456 g/mol. The maximum Gasteiger partial charge on any atom is 0.232 e. The number of hydrogen-bond acceptors (Lipinski definition) is 7. The molecule has 0 fully saturated rings. The Balaban J connectivity index is 1.16. The van der Waals surface area contributed by atoms with Crippen molar-refractivity contribution in [3.8, 4) is 34.0 Å². The van der Waals surface area contributed by atoms with Crippen LogP contribution >= 0.6 is 22.7 Å². The zero-order chi connectivity index (χ0) is 22.2. The minimum absolute atomic E-state index is 0.118. The van der Waals surface area contributed by atoms with Crippen molar-refractivity contribution in [3.05, 3.63) is 71.2 Å². The van der Waals surface area contributed by atoms with E-state index in [0.29, 0.717) is 24.1 Å². The van der Waals surface area contributed by atoms with Crippen molar-refractivity contribution >= 4 is 38.7 Å². The predicted molar refractivity (Wildman–Crippen MR) is 129 cm³/mol. The Morgan fingerprint density at radius 3 is 2.67 bits per heavy atom. The van der Waals surface area contributed by atoms with Gasteiger partial charge in [-0.2, -0.15) is 0 Å². The van der Waals surface area contributed by atoms with Crippen LogP contribution in [0.15, 0.2) is 65.5 Å². The fourth-order valence-corrected chi connectivity index (χ4v) is 5.31. The van der Waals surface area contributed by atoms with E-state index in [1.54, 1.807) is 0 Å². The molecule has 5 aromatic rings. The number of nitrogens with one attached hydrogen (secondary N) is 1. The number of rotatable bonds is 5. The van der Waals surface area contributed by atoms with Crippen LogP contribution in [0.1, 0.15) is 5.69 Å². The first-order valence-corrected chi connectivity index (χ1v) is 12.2. The number of thiazole rings is 2. The smallest absolute Gasteiger partial charge is 0.232 e. The SMILES string of the molecule is O=C(Cc1csc2nc(-c3ccccc3)cn12)Nc1nc(-c2ccc3c(c2)OCCO3)cs1. The molecule has 3 aromatic heterocycles. The largest absolute Gasteiger partial charge is 0.486 e. The minimum atomic E-state index is -0.118. The zero-order valence-corrected chi connectivity index (χ0v) is 19.0. The van der Waals surface area contributed by atoms with Crippen molar-refractivity contribution in [2.24, 2.45) is 0 Å². The second-order valence-corrected chi connectivity index (χ2v) is 9.19. The molecule has 0 radical (unpaired) electrons. The predicted octanol–water partition coefficient (Wildman–Crippen LogP) is 5.14. The van der Waals surface area contributed by atoms with E-state index in [0.717, 1.165) is 38.9 Å². The molecule has 9 heteroatoms. The monoisotopic (exact) mass is 474 g/mol. The standard InChI is InChI=1S/C24H18N4O3S2/c29-22(11-17-13-33-24-26-18(12-28(17)24)15-4-2-1-3-5-15)27-23-25-19(14-32-23)16-6-7-20-21(10-16)31-9-8-30-20/h1-7,10,12-14H,8-9,11H2,(H,25,27,29). The third kappa shape index (κ3) is 3.96. The van der Waals surface area contributed by atoms with Gasteiger partial charge in [-0.05, 0) is 18.2 Å². The van der Waals surface area contributed by atoms with Crippen LogP contribution in [0.3, 0.4) is 0 Å². The van der Waals surface area contributed by atoms with E-state index >= 15 is 0 Å². The van der Waals surface area contributed by atoms with Gasteiger partial charge in [0.05, 0.1) is 17.8 Å². The van der Waals surface area contributed by atoms with Gasteiger partial charge in [0.2, 0.25) is 5.91 Å². The lowest BCUT2D eigenvalue weighted by atomic mass is 10.1. The minimum Gasteiger partial charge on any atom is -0.486 e. The van der Waals surface area contributed by atoms with E-state index in [-0.39, 0.29) is 12.3 Å². The highest BCUT2D eigenvalue weighted by molar-refractivity contribution is 7.15. The Bertz CT molecular complexity index is 1460. The summed E-state index contributed by atoms with van der Waals surface area (Å²) in [5, 5.41) is 7.38. The molecule has 1 aliphatic rings. The highest BCUT2D eigenvalue weighted by atomic mass is 32.1. The first-order valence-electron chi connectivity index (χ1n) is 10.4. The Morgan fingerprint density at radius 1 is 0.939 bits per heavy atom. The average Bonchev–Trinajstić information content (AvgIpc) is 3.57. The molecule has 1 N–H and O–H groups in total. The molecule has 164 valence electrons. The molecule has 0 unspecified atom stereocenters. The lowest BCUT2D eigenvalue weighted by Gasteiger charge is -2.18. The summed E-state index contributed by atoms with van der Waals surface area (Å²) >= 11 is 2.92. The quantitative estimate of drug-likeness (QED) is 0.382. The van der Waals surface area contributed by atoms with E-state index in [9.17, 15) is 4.79 Å². The molecule has 33 heavy (non-hydrogen) atoms. The number of carbonyl (C=O) groups is 1. The van der Waals surface area contributed by atoms with Gasteiger partial charge in [0.25, 0.3) is 0 Å². The fourth-order valence-electron chi connectivity index (χ4n) is 3.70. The molecular formula is C24H18N4O3S2. The summed E-state index contributed by atoms with van der Waals surface area (Å²) in [7, 11) is 0. The summed E-state index contributed by atoms with van der Waals surface area (Å²) < 4.78 is 13.2. The fraction of sp³-hybridized carbons (Fsp3) is 0.125. The summed E-state index contributed by atoms with van der Waals surface area (Å²) in [6, 6.07) is 15.8. The van der Waals surface area contributed by atoms with Crippen LogP contribution in [0.5, 0.6) is 11.5 Å². The molecule has 0 saturated carbocycles. The highest BCUT2D eigenvalue weighted by Crippen LogP contribution is 2.35. The van der Waals surface area contributed by atoms with E-state index in [1.807, 2.05) is 69.9 Å². The first-order chi connectivity index (χ1) is 16.2. The number of imidazole rings is 1. The van der Waals surface area contributed by atoms with Crippen molar-refractivity contribution in [1.82, 2.24) is 14.4 Å². The van der Waals surface area contributed by atoms with Gasteiger partial charge >= 0.3 is 0 Å². The van der Waals surface area contributed by atoms with E-state index in [2.05, 4.69) is 15.3 Å². The normalized spacial score (nSPS) is 12.7. The van der Waals surface area contributed by atoms with Crippen LogP contribution < -0.4 is 14.8 Å². The summed E-state index contributed by atoms with van der Waals surface area (Å²) in [5.74, 6) is 1.34. The topological polar surface area (TPSA) is 77.8 Å². The summed E-state index contributed by atoms with van der Waals surface area (Å²) in [6.07, 6.45) is 2.22. The number of fused-ring (bicyclic) bond motifs is 2. The number of nitrogens with zero attached hydrogens (tertiary/aromatic N) is 3. The number of ether oxygens (including phenoxy) is 2. The van der Waals surface area contributed by atoms with Crippen LogP contribution in [-0.2, 0) is 11.2 Å². The summed E-state index contributed by atoms with van der Waals surface area (Å²) in [5.41, 5.74) is 4.55. The lowest BCUT2D eigenvalue weighted by Crippen LogP contribution is -2.15. The van der Waals surface area contributed by atoms with Gasteiger partial charge in [-0.25, -0.2) is 9.97 Å². The molecule has 1 amide bonds. The van der Waals surface area contributed by atoms with Crippen molar-refractivity contribution in [3.63, 3.8) is 0 Å².